The number of hydrogen-bond acceptors (Lipinski definition) is 4. The van der Waals surface area contributed by atoms with Gasteiger partial charge in [-0.25, -0.2) is 9.37 Å². The van der Waals surface area contributed by atoms with Gasteiger partial charge >= 0.3 is 0 Å². The van der Waals surface area contributed by atoms with Gasteiger partial charge in [-0.3, -0.25) is 0 Å². The number of rotatable bonds is 4. The first-order chi connectivity index (χ1) is 12.2. The smallest absolute Gasteiger partial charge is 0.201 e. The summed E-state index contributed by atoms with van der Waals surface area (Å²) in [7, 11) is 0. The van der Waals surface area contributed by atoms with Crippen molar-refractivity contribution in [1.82, 2.24) is 9.97 Å². The molecule has 0 spiro atoms. The molecule has 0 radical (unpaired) electrons. The number of piperidine rings is 1. The molecule has 130 valence electrons. The number of nitrogens with zero attached hydrogens (tertiary/aromatic N) is 2. The Morgan fingerprint density at radius 3 is 2.76 bits per heavy atom. The molecular formula is C19H21FN4O. The summed E-state index contributed by atoms with van der Waals surface area (Å²) in [6, 6.07) is 13.1. The molecule has 2 heterocycles. The fraction of sp³-hybridized carbons (Fsp3) is 0.316. The van der Waals surface area contributed by atoms with Gasteiger partial charge in [-0.1, -0.05) is 18.2 Å². The summed E-state index contributed by atoms with van der Waals surface area (Å²) in [6.45, 7) is 1.87. The molecule has 0 atom stereocenters. The number of H-pyrrole nitrogens is 1. The van der Waals surface area contributed by atoms with E-state index in [0.29, 0.717) is 44.1 Å². The molecule has 2 aromatic carbocycles. The Balaban J connectivity index is 1.43. The molecule has 1 aliphatic heterocycles. The van der Waals surface area contributed by atoms with Crippen LogP contribution < -0.4 is 10.2 Å². The molecule has 3 N–H and O–H groups in total. The Bertz CT molecular complexity index is 838. The molecule has 1 fully saturated rings. The van der Waals surface area contributed by atoms with E-state index in [1.54, 1.807) is 6.07 Å². The van der Waals surface area contributed by atoms with Gasteiger partial charge < -0.3 is 20.3 Å². The summed E-state index contributed by atoms with van der Waals surface area (Å²) in [4.78, 5) is 9.65. The number of anilines is 2. The normalized spacial score (nSPS) is 15.7. The average Bonchev–Trinajstić information content (AvgIpc) is 3.04. The lowest BCUT2D eigenvalue weighted by atomic mass is 10.1. The number of nitrogens with one attached hydrogen (secondary N) is 2. The van der Waals surface area contributed by atoms with Crippen LogP contribution in [0.1, 0.15) is 18.4 Å². The van der Waals surface area contributed by atoms with Gasteiger partial charge in [0.1, 0.15) is 5.82 Å². The highest BCUT2D eigenvalue weighted by atomic mass is 19.1. The Morgan fingerprint density at radius 1 is 1.20 bits per heavy atom. The molecule has 1 aliphatic rings. The first-order valence-corrected chi connectivity index (χ1v) is 8.59. The van der Waals surface area contributed by atoms with Gasteiger partial charge in [0.05, 0.1) is 22.8 Å². The number of aliphatic hydroxyl groups excluding tert-OH is 1. The number of halogens is 1. The molecule has 4 rings (SSSR count). The summed E-state index contributed by atoms with van der Waals surface area (Å²) in [5, 5.41) is 12.8. The lowest BCUT2D eigenvalue weighted by Gasteiger charge is -2.31. The zero-order valence-corrected chi connectivity index (χ0v) is 13.9. The van der Waals surface area contributed by atoms with E-state index < -0.39 is 0 Å². The van der Waals surface area contributed by atoms with E-state index in [2.05, 4.69) is 15.3 Å². The van der Waals surface area contributed by atoms with E-state index in [4.69, 9.17) is 0 Å². The fourth-order valence-corrected chi connectivity index (χ4v) is 3.25. The van der Waals surface area contributed by atoms with Gasteiger partial charge in [0, 0.05) is 19.6 Å². The van der Waals surface area contributed by atoms with Crippen LogP contribution in [0.2, 0.25) is 0 Å². The molecule has 0 saturated carbocycles. The van der Waals surface area contributed by atoms with Gasteiger partial charge in [-0.15, -0.1) is 0 Å². The number of aliphatic hydroxyl groups is 1. The van der Waals surface area contributed by atoms with Crippen LogP contribution in [0.15, 0.2) is 42.5 Å². The van der Waals surface area contributed by atoms with Crippen LogP contribution in [0.4, 0.5) is 16.0 Å². The standard InChI is InChI=1S/C19H21FN4O/c20-15-11-13(5-6-18(15)24-9-7-14(25)8-10-24)12-21-19-22-16-3-1-2-4-17(16)23-19/h1-6,11,14,25H,7-10,12H2,(H2,21,22,23). The molecule has 0 amide bonds. The molecule has 5 nitrogen and oxygen atoms in total. The van der Waals surface area contributed by atoms with Gasteiger partial charge in [-0.05, 0) is 42.7 Å². The van der Waals surface area contributed by atoms with E-state index in [-0.39, 0.29) is 11.9 Å². The Kier molecular flexibility index (Phi) is 4.28. The molecule has 6 heteroatoms. The van der Waals surface area contributed by atoms with Crippen LogP contribution in [0, 0.1) is 5.82 Å². The second kappa shape index (κ2) is 6.72. The highest BCUT2D eigenvalue weighted by molar-refractivity contribution is 5.77. The van der Waals surface area contributed by atoms with Gasteiger partial charge in [0.2, 0.25) is 5.95 Å². The van der Waals surface area contributed by atoms with Gasteiger partial charge in [0.25, 0.3) is 0 Å². The second-order valence-corrected chi connectivity index (χ2v) is 6.46. The minimum absolute atomic E-state index is 0.222. The predicted octanol–water partition coefficient (Wildman–Crippen LogP) is 3.28. The monoisotopic (exact) mass is 340 g/mol. The van der Waals surface area contributed by atoms with Crippen LogP contribution in [0.5, 0.6) is 0 Å². The second-order valence-electron chi connectivity index (χ2n) is 6.46. The number of imidazole rings is 1. The molecule has 25 heavy (non-hydrogen) atoms. The first kappa shape index (κ1) is 15.9. The van der Waals surface area contributed by atoms with Crippen molar-refractivity contribution < 1.29 is 9.50 Å². The fourth-order valence-electron chi connectivity index (χ4n) is 3.25. The van der Waals surface area contributed by atoms with E-state index in [9.17, 15) is 9.50 Å². The predicted molar refractivity (Wildman–Crippen MR) is 97.3 cm³/mol. The average molecular weight is 340 g/mol. The van der Waals surface area contributed by atoms with Crippen LogP contribution >= 0.6 is 0 Å². The number of aromatic amines is 1. The van der Waals surface area contributed by atoms with Crippen LogP contribution in [-0.4, -0.2) is 34.3 Å². The summed E-state index contributed by atoms with van der Waals surface area (Å²) >= 11 is 0. The summed E-state index contributed by atoms with van der Waals surface area (Å²) < 4.78 is 14.5. The van der Waals surface area contributed by atoms with E-state index in [0.717, 1.165) is 16.6 Å². The SMILES string of the molecule is OC1CCN(c2ccc(CNc3nc4ccccc4[nH]3)cc2F)CC1. The maximum absolute atomic E-state index is 14.5. The number of fused-ring (bicyclic) bond motifs is 1. The first-order valence-electron chi connectivity index (χ1n) is 8.59. The third-order valence-corrected chi connectivity index (χ3v) is 4.67. The molecule has 1 aromatic heterocycles. The summed E-state index contributed by atoms with van der Waals surface area (Å²) in [5.41, 5.74) is 3.34. The summed E-state index contributed by atoms with van der Waals surface area (Å²) in [5.74, 6) is 0.455. The Morgan fingerprint density at radius 2 is 2.00 bits per heavy atom. The van der Waals surface area contributed by atoms with Gasteiger partial charge in [0.15, 0.2) is 0 Å². The number of aromatic nitrogens is 2. The minimum atomic E-state index is -0.258. The maximum Gasteiger partial charge on any atom is 0.201 e. The minimum Gasteiger partial charge on any atom is -0.393 e. The third kappa shape index (κ3) is 3.44. The highest BCUT2D eigenvalue weighted by Gasteiger charge is 2.19. The van der Waals surface area contributed by atoms with Crippen molar-refractivity contribution in [3.05, 3.63) is 53.8 Å². The van der Waals surface area contributed by atoms with Crippen LogP contribution in [0.25, 0.3) is 11.0 Å². The van der Waals surface area contributed by atoms with Crippen molar-refractivity contribution in [2.24, 2.45) is 0 Å². The zero-order valence-electron chi connectivity index (χ0n) is 13.9. The molecule has 1 saturated heterocycles. The van der Waals surface area contributed by atoms with Crippen molar-refractivity contribution in [3.63, 3.8) is 0 Å². The Labute approximate surface area is 145 Å². The summed E-state index contributed by atoms with van der Waals surface area (Å²) in [6.07, 6.45) is 1.12. The number of hydrogen-bond donors (Lipinski definition) is 3. The largest absolute Gasteiger partial charge is 0.393 e. The molecule has 0 aliphatic carbocycles. The van der Waals surface area contributed by atoms with Crippen molar-refractivity contribution in [1.29, 1.82) is 0 Å². The highest BCUT2D eigenvalue weighted by Crippen LogP contribution is 2.24. The molecule has 3 aromatic rings. The van der Waals surface area contributed by atoms with Crippen molar-refractivity contribution in [2.45, 2.75) is 25.5 Å². The maximum atomic E-state index is 14.5. The van der Waals surface area contributed by atoms with Crippen LogP contribution in [-0.2, 0) is 6.54 Å². The van der Waals surface area contributed by atoms with Crippen molar-refractivity contribution in [2.75, 3.05) is 23.3 Å². The van der Waals surface area contributed by atoms with Crippen molar-refractivity contribution >= 4 is 22.7 Å². The number of benzene rings is 2. The van der Waals surface area contributed by atoms with Gasteiger partial charge in [-0.2, -0.15) is 0 Å². The molecular weight excluding hydrogens is 319 g/mol. The van der Waals surface area contributed by atoms with Crippen LogP contribution in [0.3, 0.4) is 0 Å². The molecule has 0 bridgehead atoms. The quantitative estimate of drug-likeness (QED) is 0.682. The number of para-hydroxylation sites is 2. The third-order valence-electron chi connectivity index (χ3n) is 4.67. The lowest BCUT2D eigenvalue weighted by Crippen LogP contribution is -2.36. The van der Waals surface area contributed by atoms with E-state index >= 15 is 0 Å². The lowest BCUT2D eigenvalue weighted by molar-refractivity contribution is 0.145. The zero-order chi connectivity index (χ0) is 17.2. The van der Waals surface area contributed by atoms with E-state index in [1.165, 1.54) is 0 Å². The Hall–Kier alpha value is -2.60. The van der Waals surface area contributed by atoms with E-state index in [1.807, 2.05) is 41.3 Å². The molecule has 0 unspecified atom stereocenters. The topological polar surface area (TPSA) is 64.2 Å². The van der Waals surface area contributed by atoms with Crippen molar-refractivity contribution in [3.8, 4) is 0 Å².